The molecule has 2 rings (SSSR count). The minimum Gasteiger partial charge on any atom is -0.479 e. The lowest BCUT2D eigenvalue weighted by atomic mass is 9.94. The molecule has 0 radical (unpaired) electrons. The number of hydrazine groups is 1. The lowest BCUT2D eigenvalue weighted by Gasteiger charge is -2.36. The number of hydrogen-bond acceptors (Lipinski definition) is 7. The first kappa shape index (κ1) is 22.7. The summed E-state index contributed by atoms with van der Waals surface area (Å²) in [6.07, 6.45) is 1.16. The molecule has 1 fully saturated rings. The molecular weight excluding hydrogens is 404 g/mol. The maximum Gasteiger partial charge on any atom is 0.408 e. The fourth-order valence-electron chi connectivity index (χ4n) is 3.20. The lowest BCUT2D eigenvalue weighted by Crippen LogP contribution is -2.59. The Balaban J connectivity index is 2.47. The zero-order valence-corrected chi connectivity index (χ0v) is 17.8. The van der Waals surface area contributed by atoms with Gasteiger partial charge in [0.1, 0.15) is 16.5 Å². The Bertz CT molecular complexity index is 875. The molecule has 0 spiro atoms. The Morgan fingerprint density at radius 2 is 2.03 bits per heavy atom. The van der Waals surface area contributed by atoms with E-state index in [1.54, 1.807) is 20.8 Å². The fourth-order valence-corrected chi connectivity index (χ4v) is 4.53. The van der Waals surface area contributed by atoms with Gasteiger partial charge in [0, 0.05) is 26.7 Å². The number of ether oxygens (including phenoxy) is 1. The van der Waals surface area contributed by atoms with Gasteiger partial charge in [0.05, 0.1) is 6.54 Å². The molecule has 2 atom stereocenters. The Labute approximate surface area is 169 Å². The third-order valence-corrected chi connectivity index (χ3v) is 6.37. The molecule has 0 unspecified atom stereocenters. The largest absolute Gasteiger partial charge is 0.479 e. The van der Waals surface area contributed by atoms with Crippen LogP contribution in [0, 0.1) is 0 Å². The molecule has 0 aromatic rings. The van der Waals surface area contributed by atoms with Crippen LogP contribution in [-0.2, 0) is 24.3 Å². The van der Waals surface area contributed by atoms with Gasteiger partial charge in [-0.15, -0.1) is 6.58 Å². The smallest absolute Gasteiger partial charge is 0.408 e. The normalized spacial score (nSPS) is 24.4. The number of alkyl carbamates (subject to hydrolysis) is 1. The highest BCUT2D eigenvalue weighted by Crippen LogP contribution is 2.43. The Morgan fingerprint density at radius 1 is 1.45 bits per heavy atom. The quantitative estimate of drug-likeness (QED) is 0.566. The Kier molecular flexibility index (Phi) is 5.74. The molecule has 2 heterocycles. The van der Waals surface area contributed by atoms with Gasteiger partial charge in [-0.3, -0.25) is 9.80 Å². The van der Waals surface area contributed by atoms with Crippen LogP contribution in [0.1, 0.15) is 27.2 Å². The second kappa shape index (κ2) is 7.34. The number of nitrogens with one attached hydrogen (secondary N) is 1. The highest BCUT2D eigenvalue weighted by atomic mass is 32.2. The molecule has 0 aliphatic carbocycles. The van der Waals surface area contributed by atoms with Crippen LogP contribution in [-0.4, -0.2) is 83.6 Å². The number of rotatable bonds is 6. The van der Waals surface area contributed by atoms with Crippen molar-refractivity contribution in [1.82, 2.24) is 19.6 Å². The van der Waals surface area contributed by atoms with E-state index < -0.39 is 50.1 Å². The number of aliphatic carboxylic acids is 1. The molecule has 0 aromatic carbocycles. The zero-order chi connectivity index (χ0) is 22.4. The average molecular weight is 430 g/mol. The molecule has 2 aliphatic heterocycles. The van der Waals surface area contributed by atoms with Gasteiger partial charge in [-0.1, -0.05) is 6.08 Å². The van der Waals surface area contributed by atoms with Crippen molar-refractivity contribution in [3.05, 3.63) is 23.8 Å². The van der Waals surface area contributed by atoms with Gasteiger partial charge in [-0.25, -0.2) is 27.3 Å². The van der Waals surface area contributed by atoms with E-state index in [1.807, 2.05) is 0 Å². The summed E-state index contributed by atoms with van der Waals surface area (Å²) >= 11 is 0. The number of amides is 2. The fraction of sp³-hybridized carbons (Fsp3) is 0.588. The van der Waals surface area contributed by atoms with Crippen LogP contribution in [0.15, 0.2) is 23.8 Å². The van der Waals surface area contributed by atoms with E-state index in [9.17, 15) is 27.9 Å². The molecule has 29 heavy (non-hydrogen) atoms. The predicted octanol–water partition coefficient (Wildman–Crippen LogP) is 0.0848. The van der Waals surface area contributed by atoms with Crippen molar-refractivity contribution in [2.24, 2.45) is 0 Å². The first-order valence-electron chi connectivity index (χ1n) is 8.77. The molecule has 1 saturated heterocycles. The summed E-state index contributed by atoms with van der Waals surface area (Å²) in [5.41, 5.74) is -2.99. The standard InChI is InChI=1S/C17H26N4O7S/c1-7-8-17(14(23)24)12(29(26,27)19(5)6)10-20-9-11(13(22)21(17)20)18-15(25)28-16(2,3)4/h7,10-11H,1,8-9H2,2-6H3,(H,18,25)(H,23,24)/t11-,17-/m0/s1. The SMILES string of the molecule is C=CC[C@@]1(C(=O)O)C(S(=O)(=O)N(C)C)=CN2C[C@H](NC(=O)OC(C)(C)C)C(=O)N21. The van der Waals surface area contributed by atoms with Gasteiger partial charge < -0.3 is 15.2 Å². The second-order valence-electron chi connectivity index (χ2n) is 7.91. The van der Waals surface area contributed by atoms with Crippen LogP contribution < -0.4 is 5.32 Å². The molecule has 2 amide bonds. The topological polar surface area (TPSA) is 137 Å². The van der Waals surface area contributed by atoms with E-state index in [1.165, 1.54) is 25.2 Å². The van der Waals surface area contributed by atoms with E-state index >= 15 is 0 Å². The number of carbonyl (C=O) groups excluding carboxylic acids is 2. The van der Waals surface area contributed by atoms with Crippen molar-refractivity contribution in [2.75, 3.05) is 20.6 Å². The number of sulfonamides is 1. The predicted molar refractivity (Wildman–Crippen MR) is 103 cm³/mol. The van der Waals surface area contributed by atoms with E-state index in [-0.39, 0.29) is 13.0 Å². The monoisotopic (exact) mass is 430 g/mol. The van der Waals surface area contributed by atoms with E-state index in [0.29, 0.717) is 0 Å². The van der Waals surface area contributed by atoms with Crippen molar-refractivity contribution in [3.63, 3.8) is 0 Å². The van der Waals surface area contributed by atoms with Crippen molar-refractivity contribution < 1.29 is 32.6 Å². The van der Waals surface area contributed by atoms with Crippen molar-refractivity contribution >= 4 is 28.0 Å². The van der Waals surface area contributed by atoms with Gasteiger partial charge in [0.25, 0.3) is 5.91 Å². The van der Waals surface area contributed by atoms with Gasteiger partial charge >= 0.3 is 12.1 Å². The molecule has 2 aliphatic rings. The second-order valence-corrected chi connectivity index (χ2v) is 10.0. The molecule has 11 nitrogen and oxygen atoms in total. The summed E-state index contributed by atoms with van der Waals surface area (Å²) in [4.78, 5) is 36.9. The van der Waals surface area contributed by atoms with Crippen LogP contribution in [0.3, 0.4) is 0 Å². The number of carboxylic acids is 1. The highest BCUT2D eigenvalue weighted by molar-refractivity contribution is 7.93. The molecular formula is C17H26N4O7S. The summed E-state index contributed by atoms with van der Waals surface area (Å²) in [6, 6.07) is -1.10. The Hall–Kier alpha value is -2.60. The van der Waals surface area contributed by atoms with Gasteiger partial charge in [-0.05, 0) is 20.8 Å². The number of nitrogens with zero attached hydrogens (tertiary/aromatic N) is 3. The first-order valence-corrected chi connectivity index (χ1v) is 10.2. The number of carboxylic acid groups (broad SMARTS) is 1. The summed E-state index contributed by atoms with van der Waals surface area (Å²) in [6.45, 7) is 8.35. The molecule has 0 bridgehead atoms. The van der Waals surface area contributed by atoms with E-state index in [2.05, 4.69) is 11.9 Å². The molecule has 162 valence electrons. The number of carbonyl (C=O) groups is 3. The van der Waals surface area contributed by atoms with Gasteiger partial charge in [0.2, 0.25) is 15.6 Å². The minimum atomic E-state index is -4.16. The number of hydrogen-bond donors (Lipinski definition) is 2. The summed E-state index contributed by atoms with van der Waals surface area (Å²) in [5.74, 6) is -2.29. The van der Waals surface area contributed by atoms with Crippen molar-refractivity contribution in [3.8, 4) is 0 Å². The summed E-state index contributed by atoms with van der Waals surface area (Å²) in [7, 11) is -1.63. The minimum absolute atomic E-state index is 0.142. The lowest BCUT2D eigenvalue weighted by molar-refractivity contribution is -0.162. The average Bonchev–Trinajstić information content (AvgIpc) is 3.02. The molecule has 0 saturated carbocycles. The maximum absolute atomic E-state index is 13.0. The highest BCUT2D eigenvalue weighted by Gasteiger charge is 2.63. The van der Waals surface area contributed by atoms with Crippen molar-refractivity contribution in [2.45, 2.75) is 44.4 Å². The van der Waals surface area contributed by atoms with Gasteiger partial charge in [-0.2, -0.15) is 0 Å². The van der Waals surface area contributed by atoms with E-state index in [0.717, 1.165) is 15.5 Å². The van der Waals surface area contributed by atoms with Crippen LogP contribution in [0.5, 0.6) is 0 Å². The number of fused-ring (bicyclic) bond motifs is 1. The third kappa shape index (κ3) is 3.81. The molecule has 0 aromatic heterocycles. The van der Waals surface area contributed by atoms with Crippen LogP contribution in [0.4, 0.5) is 4.79 Å². The van der Waals surface area contributed by atoms with Crippen LogP contribution in [0.25, 0.3) is 0 Å². The van der Waals surface area contributed by atoms with Gasteiger partial charge in [0.15, 0.2) is 0 Å². The molecule has 2 N–H and O–H groups in total. The third-order valence-electron chi connectivity index (χ3n) is 4.41. The van der Waals surface area contributed by atoms with Crippen LogP contribution in [0.2, 0.25) is 0 Å². The summed E-state index contributed by atoms with van der Waals surface area (Å²) < 4.78 is 31.6. The van der Waals surface area contributed by atoms with E-state index in [4.69, 9.17) is 4.74 Å². The summed E-state index contributed by atoms with van der Waals surface area (Å²) in [5, 5.41) is 14.4. The maximum atomic E-state index is 13.0. The van der Waals surface area contributed by atoms with Crippen LogP contribution >= 0.6 is 0 Å². The molecule has 12 heteroatoms. The Morgan fingerprint density at radius 3 is 2.48 bits per heavy atom. The van der Waals surface area contributed by atoms with Crippen molar-refractivity contribution in [1.29, 1.82) is 0 Å². The first-order chi connectivity index (χ1) is 13.2. The zero-order valence-electron chi connectivity index (χ0n) is 17.0.